The smallest absolute Gasteiger partial charge is 0.322 e. The van der Waals surface area contributed by atoms with Gasteiger partial charge < -0.3 is 9.47 Å². The minimum absolute atomic E-state index is 0.00758. The Hall–Kier alpha value is -5.48. The highest BCUT2D eigenvalue weighted by atomic mass is 19.1. The number of carbonyl (C=O) groups is 2. The van der Waals surface area contributed by atoms with Gasteiger partial charge in [0, 0.05) is 23.3 Å². The second kappa shape index (κ2) is 11.3. The van der Waals surface area contributed by atoms with Crippen molar-refractivity contribution in [2.24, 2.45) is 0 Å². The van der Waals surface area contributed by atoms with Gasteiger partial charge >= 0.3 is 11.9 Å². The quantitative estimate of drug-likeness (QED) is 0.127. The Morgan fingerprint density at radius 1 is 0.590 bits per heavy atom. The van der Waals surface area contributed by atoms with Crippen molar-refractivity contribution in [3.63, 3.8) is 0 Å². The van der Waals surface area contributed by atoms with Gasteiger partial charge in [-0.15, -0.1) is 0 Å². The summed E-state index contributed by atoms with van der Waals surface area (Å²) < 4.78 is 66.7. The highest BCUT2D eigenvalue weighted by Crippen LogP contribution is 2.29. The van der Waals surface area contributed by atoms with Crippen molar-refractivity contribution in [3.8, 4) is 45.9 Å². The van der Waals surface area contributed by atoms with Gasteiger partial charge in [-0.25, -0.2) is 17.6 Å². The van der Waals surface area contributed by atoms with Crippen LogP contribution in [0, 0.1) is 45.9 Å². The van der Waals surface area contributed by atoms with Gasteiger partial charge in [-0.05, 0) is 59.7 Å². The van der Waals surface area contributed by atoms with E-state index in [1.165, 1.54) is 48.5 Å². The lowest BCUT2D eigenvalue weighted by Gasteiger charge is -2.09. The molecule has 0 radical (unpaired) electrons. The van der Waals surface area contributed by atoms with Crippen LogP contribution in [-0.4, -0.2) is 11.9 Å². The topological polar surface area (TPSA) is 100 Å². The van der Waals surface area contributed by atoms with Crippen LogP contribution in [0.4, 0.5) is 17.6 Å². The van der Waals surface area contributed by atoms with Crippen molar-refractivity contribution < 1.29 is 36.6 Å². The highest BCUT2D eigenvalue weighted by molar-refractivity contribution is 5.93. The largest absolute Gasteiger partial charge is 0.426 e. The maximum atomic E-state index is 14.6. The number of esters is 2. The average Bonchev–Trinajstić information content (AvgIpc) is 2.88. The molecule has 192 valence electrons. The summed E-state index contributed by atoms with van der Waals surface area (Å²) in [6.45, 7) is 0. The van der Waals surface area contributed by atoms with Crippen LogP contribution in [0.1, 0.15) is 17.5 Å². The molecule has 0 amide bonds. The molecule has 0 saturated carbocycles. The Labute approximate surface area is 218 Å². The maximum Gasteiger partial charge on any atom is 0.322 e. The highest BCUT2D eigenvalue weighted by Gasteiger charge is 2.17. The Morgan fingerprint density at radius 2 is 1.00 bits per heavy atom. The van der Waals surface area contributed by atoms with Crippen LogP contribution in [0.3, 0.4) is 0 Å². The van der Waals surface area contributed by atoms with E-state index in [0.717, 1.165) is 24.3 Å². The number of nitrogens with zero attached hydrogens (tertiary/aromatic N) is 2. The van der Waals surface area contributed by atoms with E-state index in [0.29, 0.717) is 0 Å². The molecular formula is C29H14F4N2O4. The third kappa shape index (κ3) is 6.09. The molecule has 0 aliphatic heterocycles. The predicted octanol–water partition coefficient (Wildman–Crippen LogP) is 6.22. The van der Waals surface area contributed by atoms with Crippen molar-refractivity contribution in [3.05, 3.63) is 107 Å². The minimum Gasteiger partial charge on any atom is -0.426 e. The first kappa shape index (κ1) is 26.6. The van der Waals surface area contributed by atoms with Gasteiger partial charge in [0.15, 0.2) is 0 Å². The van der Waals surface area contributed by atoms with Crippen molar-refractivity contribution in [2.75, 3.05) is 0 Å². The Kier molecular flexibility index (Phi) is 7.69. The number of ether oxygens (including phenoxy) is 2. The molecular weight excluding hydrogens is 516 g/mol. The molecule has 0 fully saturated rings. The van der Waals surface area contributed by atoms with E-state index in [4.69, 9.17) is 20.0 Å². The van der Waals surface area contributed by atoms with Crippen molar-refractivity contribution in [2.45, 2.75) is 6.42 Å². The first-order chi connectivity index (χ1) is 18.7. The van der Waals surface area contributed by atoms with E-state index in [2.05, 4.69) is 0 Å². The van der Waals surface area contributed by atoms with E-state index in [9.17, 15) is 27.2 Å². The number of hydrogen-bond donors (Lipinski definition) is 0. The maximum absolute atomic E-state index is 14.6. The van der Waals surface area contributed by atoms with Crippen molar-refractivity contribution >= 4 is 11.9 Å². The fourth-order valence-electron chi connectivity index (χ4n) is 3.59. The zero-order valence-corrected chi connectivity index (χ0v) is 19.7. The van der Waals surface area contributed by atoms with Crippen LogP contribution >= 0.6 is 0 Å². The van der Waals surface area contributed by atoms with Crippen LogP contribution in [-0.2, 0) is 9.59 Å². The molecule has 0 saturated heterocycles. The first-order valence-corrected chi connectivity index (χ1v) is 11.1. The molecule has 0 unspecified atom stereocenters. The molecule has 0 bridgehead atoms. The summed E-state index contributed by atoms with van der Waals surface area (Å²) in [5.41, 5.74) is -0.0892. The summed E-state index contributed by atoms with van der Waals surface area (Å²) >= 11 is 0. The lowest BCUT2D eigenvalue weighted by atomic mass is 10.0. The lowest BCUT2D eigenvalue weighted by molar-refractivity contribution is -0.144. The standard InChI is InChI=1S/C29H14F4N2O4/c30-24-9-16(1-3-18(24)14-34)22-7-5-20(11-26(22)32)38-28(36)13-29(37)39-21-6-8-23(27(33)12-21)17-2-4-19(15-35)25(31)10-17/h1-12H,13H2. The number of rotatable bonds is 6. The SMILES string of the molecule is N#Cc1ccc(-c2ccc(OC(=O)CC(=O)Oc3ccc(-c4ccc(C#N)c(F)c4)c(F)c3)cc2F)cc1F. The molecule has 4 rings (SSSR count). The van der Waals surface area contributed by atoms with E-state index in [1.54, 1.807) is 12.1 Å². The molecule has 39 heavy (non-hydrogen) atoms. The predicted molar refractivity (Wildman–Crippen MR) is 129 cm³/mol. The molecule has 0 N–H and O–H groups in total. The fourth-order valence-corrected chi connectivity index (χ4v) is 3.59. The molecule has 0 spiro atoms. The zero-order chi connectivity index (χ0) is 28.1. The number of nitriles is 2. The number of carbonyl (C=O) groups excluding carboxylic acids is 2. The molecule has 0 aromatic heterocycles. The second-order valence-corrected chi connectivity index (χ2v) is 8.02. The van der Waals surface area contributed by atoms with Gasteiger partial charge in [-0.2, -0.15) is 10.5 Å². The molecule has 0 aliphatic rings. The Bertz CT molecular complexity index is 1580. The normalized spacial score (nSPS) is 10.3. The van der Waals surface area contributed by atoms with E-state index in [1.807, 2.05) is 0 Å². The van der Waals surface area contributed by atoms with E-state index < -0.39 is 41.6 Å². The molecule has 6 nitrogen and oxygen atoms in total. The van der Waals surface area contributed by atoms with Gasteiger partial charge in [-0.1, -0.05) is 12.1 Å². The van der Waals surface area contributed by atoms with Crippen molar-refractivity contribution in [1.29, 1.82) is 10.5 Å². The summed E-state index contributed by atoms with van der Waals surface area (Å²) in [6.07, 6.45) is -0.881. The fraction of sp³-hybridized carbons (Fsp3) is 0.0345. The summed E-state index contributed by atoms with van der Waals surface area (Å²) in [6, 6.07) is 17.1. The van der Waals surface area contributed by atoms with Crippen LogP contribution in [0.5, 0.6) is 11.5 Å². The van der Waals surface area contributed by atoms with Crippen LogP contribution < -0.4 is 9.47 Å². The van der Waals surface area contributed by atoms with Gasteiger partial charge in [0.05, 0.1) is 11.1 Å². The summed E-state index contributed by atoms with van der Waals surface area (Å²) in [7, 11) is 0. The summed E-state index contributed by atoms with van der Waals surface area (Å²) in [5.74, 6) is -5.94. The molecule has 10 heteroatoms. The number of hydrogen-bond acceptors (Lipinski definition) is 6. The molecule has 4 aromatic rings. The molecule has 0 aliphatic carbocycles. The van der Waals surface area contributed by atoms with Gasteiger partial charge in [-0.3, -0.25) is 9.59 Å². The van der Waals surface area contributed by atoms with Gasteiger partial charge in [0.25, 0.3) is 0 Å². The Balaban J connectivity index is 1.38. The number of halogens is 4. The van der Waals surface area contributed by atoms with Gasteiger partial charge in [0.2, 0.25) is 0 Å². The van der Waals surface area contributed by atoms with Crippen LogP contribution in [0.25, 0.3) is 22.3 Å². The summed E-state index contributed by atoms with van der Waals surface area (Å²) in [4.78, 5) is 24.3. The zero-order valence-electron chi connectivity index (χ0n) is 19.7. The first-order valence-electron chi connectivity index (χ1n) is 11.1. The Morgan fingerprint density at radius 3 is 1.33 bits per heavy atom. The van der Waals surface area contributed by atoms with Gasteiger partial charge in [0.1, 0.15) is 53.3 Å². The minimum atomic E-state index is -1.08. The third-order valence-electron chi connectivity index (χ3n) is 5.43. The summed E-state index contributed by atoms with van der Waals surface area (Å²) in [5, 5.41) is 17.6. The van der Waals surface area contributed by atoms with E-state index >= 15 is 0 Å². The lowest BCUT2D eigenvalue weighted by Crippen LogP contribution is -2.18. The molecule has 0 heterocycles. The molecule has 4 aromatic carbocycles. The number of benzene rings is 4. The monoisotopic (exact) mass is 530 g/mol. The van der Waals surface area contributed by atoms with Crippen LogP contribution in [0.2, 0.25) is 0 Å². The third-order valence-corrected chi connectivity index (χ3v) is 5.43. The van der Waals surface area contributed by atoms with Crippen LogP contribution in [0.15, 0.2) is 72.8 Å². The molecule has 0 atom stereocenters. The average molecular weight is 530 g/mol. The van der Waals surface area contributed by atoms with E-state index in [-0.39, 0.29) is 44.9 Å². The second-order valence-electron chi connectivity index (χ2n) is 8.02. The van der Waals surface area contributed by atoms with Crippen molar-refractivity contribution in [1.82, 2.24) is 0 Å².